The van der Waals surface area contributed by atoms with E-state index in [9.17, 15) is 4.79 Å². The summed E-state index contributed by atoms with van der Waals surface area (Å²) in [4.78, 5) is 18.3. The lowest BCUT2D eigenvalue weighted by Crippen LogP contribution is -2.36. The van der Waals surface area contributed by atoms with Gasteiger partial charge < -0.3 is 15.0 Å². The number of hydrogen-bond acceptors (Lipinski definition) is 7. The fraction of sp³-hybridized carbons (Fsp3) is 0.417. The van der Waals surface area contributed by atoms with Gasteiger partial charge in [0, 0.05) is 13.1 Å². The van der Waals surface area contributed by atoms with Crippen molar-refractivity contribution in [3.8, 4) is 0 Å². The number of aromatic amines is 1. The maximum atomic E-state index is 11.8. The van der Waals surface area contributed by atoms with Crippen molar-refractivity contribution in [2.24, 2.45) is 0 Å². The lowest BCUT2D eigenvalue weighted by atomic mass is 10.3. The zero-order chi connectivity index (χ0) is 14.5. The number of carbonyl (C=O) groups excluding carboxylic acids is 1. The molecule has 3 heterocycles. The normalized spacial score (nSPS) is 15.0. The van der Waals surface area contributed by atoms with E-state index in [4.69, 9.17) is 4.74 Å². The predicted molar refractivity (Wildman–Crippen MR) is 73.8 cm³/mol. The van der Waals surface area contributed by atoms with Crippen molar-refractivity contribution in [1.29, 1.82) is 0 Å². The number of amides is 1. The average Bonchev–Trinajstić information content (AvgIpc) is 3.02. The maximum absolute atomic E-state index is 11.8. The molecule has 2 aromatic heterocycles. The number of rotatable bonds is 4. The largest absolute Gasteiger partial charge is 0.378 e. The van der Waals surface area contributed by atoms with E-state index in [1.54, 1.807) is 6.20 Å². The smallest absolute Gasteiger partial charge is 0.232 e. The Morgan fingerprint density at radius 3 is 2.90 bits per heavy atom. The minimum Gasteiger partial charge on any atom is -0.378 e. The van der Waals surface area contributed by atoms with Crippen molar-refractivity contribution in [3.05, 3.63) is 24.2 Å². The van der Waals surface area contributed by atoms with Crippen molar-refractivity contribution < 1.29 is 9.53 Å². The molecule has 0 aliphatic carbocycles. The summed E-state index contributed by atoms with van der Waals surface area (Å²) >= 11 is 0. The molecule has 0 atom stereocenters. The summed E-state index contributed by atoms with van der Waals surface area (Å²) in [6, 6.07) is 3.71. The van der Waals surface area contributed by atoms with Crippen LogP contribution in [0.1, 0.15) is 5.82 Å². The fourth-order valence-corrected chi connectivity index (χ4v) is 2.05. The zero-order valence-corrected chi connectivity index (χ0v) is 11.3. The van der Waals surface area contributed by atoms with Crippen molar-refractivity contribution in [1.82, 2.24) is 25.6 Å². The Labute approximate surface area is 120 Å². The molecule has 9 nitrogen and oxygen atoms in total. The molecule has 2 aromatic rings. The van der Waals surface area contributed by atoms with E-state index in [-0.39, 0.29) is 12.3 Å². The molecule has 0 bridgehead atoms. The fourth-order valence-electron chi connectivity index (χ4n) is 2.05. The topological polar surface area (TPSA) is 109 Å². The lowest BCUT2D eigenvalue weighted by Gasteiger charge is -2.27. The van der Waals surface area contributed by atoms with E-state index < -0.39 is 0 Å². The van der Waals surface area contributed by atoms with Crippen LogP contribution in [0, 0.1) is 0 Å². The molecule has 9 heteroatoms. The lowest BCUT2D eigenvalue weighted by molar-refractivity contribution is -0.115. The van der Waals surface area contributed by atoms with E-state index in [0.717, 1.165) is 18.9 Å². The number of pyridine rings is 1. The second-order valence-electron chi connectivity index (χ2n) is 4.56. The molecular formula is C12H15N7O2. The quantitative estimate of drug-likeness (QED) is 0.789. The van der Waals surface area contributed by atoms with Crippen LogP contribution >= 0.6 is 0 Å². The third-order valence-electron chi connectivity index (χ3n) is 3.07. The molecule has 21 heavy (non-hydrogen) atoms. The van der Waals surface area contributed by atoms with Crippen molar-refractivity contribution in [2.75, 3.05) is 36.5 Å². The van der Waals surface area contributed by atoms with Crippen LogP contribution in [0.4, 0.5) is 11.5 Å². The van der Waals surface area contributed by atoms with Gasteiger partial charge in [-0.3, -0.25) is 4.79 Å². The molecule has 0 unspecified atom stereocenters. The number of carbonyl (C=O) groups is 1. The summed E-state index contributed by atoms with van der Waals surface area (Å²) in [6.07, 6.45) is 1.71. The van der Waals surface area contributed by atoms with Crippen LogP contribution in [0.3, 0.4) is 0 Å². The number of anilines is 2. The molecule has 110 valence electrons. The Bertz CT molecular complexity index is 578. The number of nitrogens with zero attached hydrogens (tertiary/aromatic N) is 5. The highest BCUT2D eigenvalue weighted by atomic mass is 16.5. The molecule has 0 spiro atoms. The first-order chi connectivity index (χ1) is 10.3. The van der Waals surface area contributed by atoms with Crippen molar-refractivity contribution in [2.45, 2.75) is 6.42 Å². The molecular weight excluding hydrogens is 274 g/mol. The Hall–Kier alpha value is -2.55. The second-order valence-corrected chi connectivity index (χ2v) is 4.56. The van der Waals surface area contributed by atoms with Gasteiger partial charge >= 0.3 is 0 Å². The molecule has 1 aliphatic rings. The highest BCUT2D eigenvalue weighted by molar-refractivity contribution is 5.91. The molecule has 1 aliphatic heterocycles. The summed E-state index contributed by atoms with van der Waals surface area (Å²) in [5.74, 6) is 1.03. The first kappa shape index (κ1) is 13.4. The number of ether oxygens (including phenoxy) is 1. The highest BCUT2D eigenvalue weighted by Crippen LogP contribution is 2.15. The molecule has 0 radical (unpaired) electrons. The molecule has 0 aromatic carbocycles. The van der Waals surface area contributed by atoms with Gasteiger partial charge in [-0.1, -0.05) is 5.21 Å². The summed E-state index contributed by atoms with van der Waals surface area (Å²) in [6.45, 7) is 3.09. The van der Waals surface area contributed by atoms with Gasteiger partial charge in [-0.15, -0.1) is 10.2 Å². The second kappa shape index (κ2) is 6.27. The molecule has 1 fully saturated rings. The minimum absolute atomic E-state index is 0.0711. The monoisotopic (exact) mass is 289 g/mol. The number of morpholine rings is 1. The Morgan fingerprint density at radius 1 is 1.38 bits per heavy atom. The van der Waals surface area contributed by atoms with E-state index in [2.05, 4.69) is 35.8 Å². The number of H-pyrrole nitrogens is 1. The molecule has 1 saturated heterocycles. The maximum Gasteiger partial charge on any atom is 0.232 e. The Morgan fingerprint density at radius 2 is 2.24 bits per heavy atom. The first-order valence-corrected chi connectivity index (χ1v) is 6.62. The van der Waals surface area contributed by atoms with Gasteiger partial charge in [0.05, 0.1) is 31.5 Å². The van der Waals surface area contributed by atoms with Gasteiger partial charge in [-0.05, 0) is 12.1 Å². The third-order valence-corrected chi connectivity index (χ3v) is 3.07. The van der Waals surface area contributed by atoms with Gasteiger partial charge in [0.25, 0.3) is 0 Å². The number of nitrogens with one attached hydrogen (secondary N) is 2. The van der Waals surface area contributed by atoms with Gasteiger partial charge in [-0.25, -0.2) is 4.98 Å². The van der Waals surface area contributed by atoms with Crippen molar-refractivity contribution in [3.63, 3.8) is 0 Å². The number of aromatic nitrogens is 5. The van der Waals surface area contributed by atoms with Crippen LogP contribution < -0.4 is 10.2 Å². The molecule has 2 N–H and O–H groups in total. The van der Waals surface area contributed by atoms with E-state index >= 15 is 0 Å². The predicted octanol–water partition coefficient (Wildman–Crippen LogP) is -0.387. The van der Waals surface area contributed by atoms with Gasteiger partial charge in [0.15, 0.2) is 5.82 Å². The molecule has 3 rings (SSSR count). The van der Waals surface area contributed by atoms with Gasteiger partial charge in [0.1, 0.15) is 5.82 Å². The number of hydrogen-bond donors (Lipinski definition) is 2. The van der Waals surface area contributed by atoms with Crippen molar-refractivity contribution >= 4 is 17.4 Å². The highest BCUT2D eigenvalue weighted by Gasteiger charge is 2.12. The van der Waals surface area contributed by atoms with E-state index in [1.165, 1.54) is 0 Å². The third kappa shape index (κ3) is 3.51. The van der Waals surface area contributed by atoms with Crippen LogP contribution in [0.25, 0.3) is 0 Å². The Kier molecular flexibility index (Phi) is 4.01. The molecule has 0 saturated carbocycles. The summed E-state index contributed by atoms with van der Waals surface area (Å²) < 4.78 is 5.30. The Balaban J connectivity index is 1.57. The van der Waals surface area contributed by atoms with Crippen LogP contribution in [-0.2, 0) is 16.0 Å². The zero-order valence-electron chi connectivity index (χ0n) is 11.3. The van der Waals surface area contributed by atoms with Gasteiger partial charge in [0.2, 0.25) is 5.91 Å². The van der Waals surface area contributed by atoms with Gasteiger partial charge in [-0.2, -0.15) is 5.21 Å². The summed E-state index contributed by atoms with van der Waals surface area (Å²) in [5, 5.41) is 15.9. The summed E-state index contributed by atoms with van der Waals surface area (Å²) in [7, 11) is 0. The van der Waals surface area contributed by atoms with E-state index in [0.29, 0.717) is 24.7 Å². The molecule has 1 amide bonds. The van der Waals surface area contributed by atoms with Crippen LogP contribution in [0.15, 0.2) is 18.3 Å². The standard InChI is InChI=1S/C12H15N7O2/c20-12(7-10-15-17-18-16-10)14-9-1-2-11(13-8-9)19-3-5-21-6-4-19/h1-2,8H,3-7H2,(H,14,20)(H,15,16,17,18). The minimum atomic E-state index is -0.211. The average molecular weight is 289 g/mol. The van der Waals surface area contributed by atoms with Crippen LogP contribution in [-0.4, -0.2) is 57.8 Å². The summed E-state index contributed by atoms with van der Waals surface area (Å²) in [5.41, 5.74) is 0.639. The van der Waals surface area contributed by atoms with E-state index in [1.807, 2.05) is 12.1 Å². The number of tetrazole rings is 1. The van der Waals surface area contributed by atoms with Crippen LogP contribution in [0.2, 0.25) is 0 Å². The van der Waals surface area contributed by atoms with Crippen LogP contribution in [0.5, 0.6) is 0 Å². The first-order valence-electron chi connectivity index (χ1n) is 6.62. The SMILES string of the molecule is O=C(Cc1nn[nH]n1)Nc1ccc(N2CCOCC2)nc1.